The Hall–Kier alpha value is -0.350. The third-order valence-corrected chi connectivity index (χ3v) is 3.15. The quantitative estimate of drug-likeness (QED) is 0.304. The Labute approximate surface area is 77.0 Å². The van der Waals surface area contributed by atoms with Crippen LogP contribution in [0.2, 0.25) is 0 Å². The zero-order chi connectivity index (χ0) is 8.48. The van der Waals surface area contributed by atoms with Crippen molar-refractivity contribution in [1.82, 2.24) is 0 Å². The molecule has 0 bridgehead atoms. The molecule has 1 aliphatic rings. The number of nitrogens with zero attached hydrogens (tertiary/aromatic N) is 1. The molecule has 0 aromatic carbocycles. The first kappa shape index (κ1) is 8.74. The Morgan fingerprint density at radius 3 is 2.64 bits per heavy atom. The standard InChI is InChI=1S/C6H5BrClNO2/c7-5-3-1-2-4-6(5,8)9(10)11/h1-5H. The third-order valence-electron chi connectivity index (χ3n) is 1.39. The highest BCUT2D eigenvalue weighted by Gasteiger charge is 2.44. The van der Waals surface area contributed by atoms with Crippen molar-refractivity contribution >= 4 is 27.5 Å². The highest BCUT2D eigenvalue weighted by atomic mass is 79.9. The molecule has 1 aliphatic carbocycles. The Morgan fingerprint density at radius 2 is 2.27 bits per heavy atom. The summed E-state index contributed by atoms with van der Waals surface area (Å²) in [7, 11) is 0. The first-order valence-electron chi connectivity index (χ1n) is 2.91. The van der Waals surface area contributed by atoms with Crippen molar-refractivity contribution in [2.75, 3.05) is 0 Å². The number of nitro groups is 1. The molecule has 0 aromatic heterocycles. The van der Waals surface area contributed by atoms with Gasteiger partial charge < -0.3 is 0 Å². The molecular weight excluding hydrogens is 233 g/mol. The maximum Gasteiger partial charge on any atom is 0.329 e. The average Bonchev–Trinajstić information content (AvgIpc) is 1.95. The fraction of sp³-hybridized carbons (Fsp3) is 0.333. The van der Waals surface area contributed by atoms with Gasteiger partial charge in [0.15, 0.2) is 0 Å². The third kappa shape index (κ3) is 1.46. The molecule has 0 saturated heterocycles. The molecule has 0 fully saturated rings. The van der Waals surface area contributed by atoms with Gasteiger partial charge in [0, 0.05) is 11.0 Å². The Morgan fingerprint density at radius 1 is 1.64 bits per heavy atom. The first-order chi connectivity index (χ1) is 5.07. The van der Waals surface area contributed by atoms with E-state index < -0.39 is 14.7 Å². The molecule has 0 aromatic rings. The number of hydrogen-bond acceptors (Lipinski definition) is 2. The van der Waals surface area contributed by atoms with Crippen molar-refractivity contribution < 1.29 is 4.92 Å². The van der Waals surface area contributed by atoms with E-state index in [0.717, 1.165) is 0 Å². The summed E-state index contributed by atoms with van der Waals surface area (Å²) >= 11 is 8.78. The summed E-state index contributed by atoms with van der Waals surface area (Å²) in [6.45, 7) is 0. The van der Waals surface area contributed by atoms with Crippen LogP contribution < -0.4 is 0 Å². The van der Waals surface area contributed by atoms with Crippen LogP contribution in [0.15, 0.2) is 24.3 Å². The second-order valence-corrected chi connectivity index (χ2v) is 3.72. The van der Waals surface area contributed by atoms with E-state index >= 15 is 0 Å². The van der Waals surface area contributed by atoms with Crippen molar-refractivity contribution in [3.8, 4) is 0 Å². The number of alkyl halides is 2. The topological polar surface area (TPSA) is 43.1 Å². The van der Waals surface area contributed by atoms with Crippen LogP contribution in [0.1, 0.15) is 0 Å². The SMILES string of the molecule is O=[N+]([O-])C1(Cl)C=CC=CC1Br. The van der Waals surface area contributed by atoms with Crippen LogP contribution in [-0.4, -0.2) is 14.7 Å². The maximum atomic E-state index is 10.4. The van der Waals surface area contributed by atoms with E-state index in [1.807, 2.05) is 0 Å². The highest BCUT2D eigenvalue weighted by molar-refractivity contribution is 9.09. The van der Waals surface area contributed by atoms with Gasteiger partial charge in [0.2, 0.25) is 0 Å². The van der Waals surface area contributed by atoms with E-state index in [1.54, 1.807) is 18.2 Å². The lowest BCUT2D eigenvalue weighted by Crippen LogP contribution is -2.38. The van der Waals surface area contributed by atoms with Gasteiger partial charge in [0.05, 0.1) is 0 Å². The van der Waals surface area contributed by atoms with Gasteiger partial charge in [-0.2, -0.15) is 0 Å². The summed E-state index contributed by atoms with van der Waals surface area (Å²) in [4.78, 5) is 7.96. The lowest BCUT2D eigenvalue weighted by atomic mass is 10.1. The summed E-state index contributed by atoms with van der Waals surface area (Å²) in [5.74, 6) is 0. The minimum absolute atomic E-state index is 0.448. The highest BCUT2D eigenvalue weighted by Crippen LogP contribution is 2.31. The van der Waals surface area contributed by atoms with Crippen molar-refractivity contribution in [3.63, 3.8) is 0 Å². The van der Waals surface area contributed by atoms with Gasteiger partial charge in [-0.25, -0.2) is 0 Å². The van der Waals surface area contributed by atoms with Crippen LogP contribution in [0.3, 0.4) is 0 Å². The molecular formula is C6H5BrClNO2. The minimum Gasteiger partial charge on any atom is -0.262 e. The van der Waals surface area contributed by atoms with Crippen molar-refractivity contribution in [2.24, 2.45) is 0 Å². The van der Waals surface area contributed by atoms with Crippen molar-refractivity contribution in [3.05, 3.63) is 34.4 Å². The summed E-state index contributed by atoms with van der Waals surface area (Å²) in [6.07, 6.45) is 6.26. The monoisotopic (exact) mass is 237 g/mol. The Balaban J connectivity index is 2.94. The Kier molecular flexibility index (Phi) is 2.34. The van der Waals surface area contributed by atoms with E-state index in [1.165, 1.54) is 6.08 Å². The minimum atomic E-state index is -1.52. The van der Waals surface area contributed by atoms with E-state index in [0.29, 0.717) is 0 Å². The predicted octanol–water partition coefficient (Wildman–Crippen LogP) is 2.09. The average molecular weight is 238 g/mol. The van der Waals surface area contributed by atoms with Crippen molar-refractivity contribution in [1.29, 1.82) is 0 Å². The number of halogens is 2. The molecule has 0 radical (unpaired) electrons. The van der Waals surface area contributed by atoms with E-state index in [9.17, 15) is 10.1 Å². The molecule has 0 N–H and O–H groups in total. The molecule has 0 spiro atoms. The molecule has 11 heavy (non-hydrogen) atoms. The number of hydrogen-bond donors (Lipinski definition) is 0. The second-order valence-electron chi connectivity index (χ2n) is 2.13. The van der Waals surface area contributed by atoms with Crippen LogP contribution >= 0.6 is 27.5 Å². The number of allylic oxidation sites excluding steroid dienone is 2. The van der Waals surface area contributed by atoms with Gasteiger partial charge in [-0.3, -0.25) is 10.1 Å². The van der Waals surface area contributed by atoms with E-state index in [-0.39, 0.29) is 0 Å². The zero-order valence-corrected chi connectivity index (χ0v) is 7.75. The normalized spacial score (nSPS) is 35.6. The second kappa shape index (κ2) is 2.95. The predicted molar refractivity (Wildman–Crippen MR) is 46.6 cm³/mol. The molecule has 2 atom stereocenters. The zero-order valence-electron chi connectivity index (χ0n) is 5.41. The molecule has 0 saturated carbocycles. The molecule has 0 heterocycles. The van der Waals surface area contributed by atoms with Crippen LogP contribution in [-0.2, 0) is 0 Å². The molecule has 2 unspecified atom stereocenters. The summed E-state index contributed by atoms with van der Waals surface area (Å²) < 4.78 is 0. The Bertz CT molecular complexity index is 241. The van der Waals surface area contributed by atoms with Gasteiger partial charge in [-0.1, -0.05) is 34.2 Å². The van der Waals surface area contributed by atoms with Gasteiger partial charge in [-0.15, -0.1) is 0 Å². The van der Waals surface area contributed by atoms with Crippen LogP contribution in [0.5, 0.6) is 0 Å². The number of rotatable bonds is 1. The maximum absolute atomic E-state index is 10.4. The first-order valence-corrected chi connectivity index (χ1v) is 4.20. The lowest BCUT2D eigenvalue weighted by molar-refractivity contribution is -0.525. The van der Waals surface area contributed by atoms with Crippen molar-refractivity contribution in [2.45, 2.75) is 9.83 Å². The summed E-state index contributed by atoms with van der Waals surface area (Å²) in [6, 6.07) is 0. The molecule has 0 aliphatic heterocycles. The van der Waals surface area contributed by atoms with Crippen LogP contribution in [0.25, 0.3) is 0 Å². The van der Waals surface area contributed by atoms with Gasteiger partial charge in [-0.05, 0) is 11.6 Å². The van der Waals surface area contributed by atoms with Gasteiger partial charge in [0.1, 0.15) is 4.83 Å². The molecule has 60 valence electrons. The van der Waals surface area contributed by atoms with Gasteiger partial charge >= 0.3 is 5.00 Å². The summed E-state index contributed by atoms with van der Waals surface area (Å²) in [5.41, 5.74) is 0. The largest absolute Gasteiger partial charge is 0.329 e. The fourth-order valence-corrected chi connectivity index (χ4v) is 1.38. The van der Waals surface area contributed by atoms with Crippen LogP contribution in [0, 0.1) is 10.1 Å². The van der Waals surface area contributed by atoms with E-state index in [2.05, 4.69) is 15.9 Å². The summed E-state index contributed by atoms with van der Waals surface area (Å²) in [5, 5.41) is 10.4. The van der Waals surface area contributed by atoms with Gasteiger partial charge in [0.25, 0.3) is 0 Å². The fourth-order valence-electron chi connectivity index (χ4n) is 0.741. The van der Waals surface area contributed by atoms with Crippen LogP contribution in [0.4, 0.5) is 0 Å². The molecule has 1 rings (SSSR count). The lowest BCUT2D eigenvalue weighted by Gasteiger charge is -2.19. The molecule has 5 heteroatoms. The smallest absolute Gasteiger partial charge is 0.262 e. The molecule has 3 nitrogen and oxygen atoms in total. The van der Waals surface area contributed by atoms with E-state index in [4.69, 9.17) is 11.6 Å². The molecule has 0 amide bonds.